The highest BCUT2D eigenvalue weighted by Gasteiger charge is 2.35. The normalized spacial score (nSPS) is 22.0. The minimum atomic E-state index is -4.43. The van der Waals surface area contributed by atoms with Gasteiger partial charge in [-0.2, -0.15) is 13.2 Å². The molecule has 1 aromatic carbocycles. The topological polar surface area (TPSA) is 54.5 Å². The molecular formula is C20H23F3N4. The van der Waals surface area contributed by atoms with Crippen LogP contribution in [0.4, 0.5) is 13.2 Å². The molecule has 0 bridgehead atoms. The monoisotopic (exact) mass is 376 g/mol. The number of halogens is 3. The van der Waals surface area contributed by atoms with Crippen LogP contribution in [0.15, 0.2) is 47.4 Å². The van der Waals surface area contributed by atoms with Gasteiger partial charge in [-0.1, -0.05) is 19.1 Å². The fourth-order valence-corrected chi connectivity index (χ4v) is 3.93. The standard InChI is InChI=1S/C20H23F3N4/c1-13-8-14(12-27(11-13)15(9-24)10-25-2)16-5-6-18(20(21,22)23)19-17(16)4-3-7-26-19/h3-7,9-10,13-14H,8,11-12,24H2,1-2H3/b15-9+,25-10?. The Morgan fingerprint density at radius 1 is 1.30 bits per heavy atom. The number of hydrogen-bond acceptors (Lipinski definition) is 4. The second kappa shape index (κ2) is 7.58. The van der Waals surface area contributed by atoms with Crippen molar-refractivity contribution >= 4 is 17.1 Å². The Kier molecular flexibility index (Phi) is 5.39. The largest absolute Gasteiger partial charge is 0.418 e. The average molecular weight is 376 g/mol. The molecule has 2 N–H and O–H groups in total. The van der Waals surface area contributed by atoms with Gasteiger partial charge < -0.3 is 10.6 Å². The smallest absolute Gasteiger partial charge is 0.403 e. The summed E-state index contributed by atoms with van der Waals surface area (Å²) in [5, 5.41) is 0.564. The summed E-state index contributed by atoms with van der Waals surface area (Å²) in [6, 6.07) is 6.17. The Hall–Kier alpha value is -2.57. The Labute approximate surface area is 156 Å². The summed E-state index contributed by atoms with van der Waals surface area (Å²) < 4.78 is 40.1. The molecule has 1 aromatic heterocycles. The SMILES string of the molecule is CN=C/C(=C\N)N1CC(C)CC(c2ccc(C(F)(F)F)c3ncccc23)C1. The second-order valence-electron chi connectivity index (χ2n) is 7.02. The summed E-state index contributed by atoms with van der Waals surface area (Å²) in [6.45, 7) is 3.65. The maximum absolute atomic E-state index is 13.4. The van der Waals surface area contributed by atoms with Crippen LogP contribution < -0.4 is 5.73 Å². The van der Waals surface area contributed by atoms with E-state index in [9.17, 15) is 13.2 Å². The maximum Gasteiger partial charge on any atom is 0.418 e. The van der Waals surface area contributed by atoms with Crippen LogP contribution in [0.3, 0.4) is 0 Å². The third-order valence-corrected chi connectivity index (χ3v) is 5.01. The average Bonchev–Trinajstić information content (AvgIpc) is 2.63. The van der Waals surface area contributed by atoms with Crippen LogP contribution in [0, 0.1) is 5.92 Å². The minimum absolute atomic E-state index is 0.0111. The molecule has 2 unspecified atom stereocenters. The molecule has 1 aliphatic rings. The van der Waals surface area contributed by atoms with Gasteiger partial charge in [-0.3, -0.25) is 9.98 Å². The van der Waals surface area contributed by atoms with Crippen LogP contribution in [-0.2, 0) is 6.18 Å². The number of fused-ring (bicyclic) bond motifs is 1. The molecule has 1 saturated heterocycles. The van der Waals surface area contributed by atoms with E-state index in [0.717, 1.165) is 30.3 Å². The van der Waals surface area contributed by atoms with E-state index in [1.54, 1.807) is 31.5 Å². The highest BCUT2D eigenvalue weighted by atomic mass is 19.4. The number of benzene rings is 1. The number of alkyl halides is 3. The molecule has 0 amide bonds. The number of nitrogens with zero attached hydrogens (tertiary/aromatic N) is 3. The van der Waals surface area contributed by atoms with Crippen LogP contribution in [-0.4, -0.2) is 36.2 Å². The lowest BCUT2D eigenvalue weighted by Gasteiger charge is -2.38. The van der Waals surface area contributed by atoms with E-state index in [1.165, 1.54) is 12.4 Å². The lowest BCUT2D eigenvalue weighted by Crippen LogP contribution is -2.38. The lowest BCUT2D eigenvalue weighted by atomic mass is 9.83. The summed E-state index contributed by atoms with van der Waals surface area (Å²) in [4.78, 5) is 10.2. The minimum Gasteiger partial charge on any atom is -0.403 e. The quantitative estimate of drug-likeness (QED) is 0.818. The van der Waals surface area contributed by atoms with Crippen molar-refractivity contribution < 1.29 is 13.2 Å². The van der Waals surface area contributed by atoms with Gasteiger partial charge in [0, 0.05) is 50.1 Å². The summed E-state index contributed by atoms with van der Waals surface area (Å²) in [5.74, 6) is 0.459. The van der Waals surface area contributed by atoms with Gasteiger partial charge in [-0.15, -0.1) is 0 Å². The number of nitrogens with two attached hydrogens (primary N) is 1. The van der Waals surface area contributed by atoms with Crippen LogP contribution >= 0.6 is 0 Å². The van der Waals surface area contributed by atoms with Crippen molar-refractivity contribution in [2.75, 3.05) is 20.1 Å². The number of aliphatic imine (C=N–C) groups is 1. The number of likely N-dealkylation sites (tertiary alicyclic amines) is 1. The van der Waals surface area contributed by atoms with Crippen LogP contribution in [0.25, 0.3) is 10.9 Å². The van der Waals surface area contributed by atoms with Gasteiger partial charge >= 0.3 is 6.18 Å². The van der Waals surface area contributed by atoms with Crippen molar-refractivity contribution in [3.8, 4) is 0 Å². The van der Waals surface area contributed by atoms with Gasteiger partial charge in [0.1, 0.15) is 0 Å². The Balaban J connectivity index is 2.04. The van der Waals surface area contributed by atoms with Crippen LogP contribution in [0.1, 0.15) is 30.4 Å². The first-order chi connectivity index (χ1) is 12.8. The second-order valence-corrected chi connectivity index (χ2v) is 7.02. The summed E-state index contributed by atoms with van der Waals surface area (Å²) >= 11 is 0. The van der Waals surface area contributed by atoms with Crippen LogP contribution in [0.5, 0.6) is 0 Å². The first-order valence-electron chi connectivity index (χ1n) is 8.89. The summed E-state index contributed by atoms with van der Waals surface area (Å²) in [5.41, 5.74) is 6.79. The molecule has 2 atom stereocenters. The molecule has 4 nitrogen and oxygen atoms in total. The molecule has 0 aliphatic carbocycles. The predicted molar refractivity (Wildman–Crippen MR) is 102 cm³/mol. The van der Waals surface area contributed by atoms with Crippen molar-refractivity contribution in [2.45, 2.75) is 25.4 Å². The highest BCUT2D eigenvalue weighted by Crippen LogP contribution is 2.39. The fraction of sp³-hybridized carbons (Fsp3) is 0.400. The van der Waals surface area contributed by atoms with E-state index in [1.807, 2.05) is 0 Å². The molecule has 2 heterocycles. The number of hydrogen-bond donors (Lipinski definition) is 1. The van der Waals surface area contributed by atoms with Crippen LogP contribution in [0.2, 0.25) is 0 Å². The van der Waals surface area contributed by atoms with E-state index in [2.05, 4.69) is 21.8 Å². The predicted octanol–water partition coefficient (Wildman–Crippen LogP) is 4.18. The molecule has 0 radical (unpaired) electrons. The van der Waals surface area contributed by atoms with Gasteiger partial charge in [-0.05, 0) is 30.0 Å². The van der Waals surface area contributed by atoms with Gasteiger partial charge in [0.25, 0.3) is 0 Å². The van der Waals surface area contributed by atoms with Crippen molar-refractivity contribution in [2.24, 2.45) is 16.6 Å². The number of piperidine rings is 1. The third kappa shape index (κ3) is 3.91. The maximum atomic E-state index is 13.4. The lowest BCUT2D eigenvalue weighted by molar-refractivity contribution is -0.136. The fourth-order valence-electron chi connectivity index (χ4n) is 3.93. The number of pyridine rings is 1. The van der Waals surface area contributed by atoms with Gasteiger partial charge in [-0.25, -0.2) is 0 Å². The van der Waals surface area contributed by atoms with Crippen molar-refractivity contribution in [1.82, 2.24) is 9.88 Å². The molecule has 144 valence electrons. The van der Waals surface area contributed by atoms with Crippen molar-refractivity contribution in [3.05, 3.63) is 53.5 Å². The molecule has 1 fully saturated rings. The zero-order chi connectivity index (χ0) is 19.6. The van der Waals surface area contributed by atoms with Gasteiger partial charge in [0.15, 0.2) is 0 Å². The Morgan fingerprint density at radius 3 is 2.74 bits per heavy atom. The number of aromatic nitrogens is 1. The molecule has 27 heavy (non-hydrogen) atoms. The molecule has 1 aliphatic heterocycles. The Bertz CT molecular complexity index is 873. The van der Waals surface area contributed by atoms with E-state index in [-0.39, 0.29) is 11.4 Å². The number of allylic oxidation sites excluding steroid dienone is 1. The Morgan fingerprint density at radius 2 is 2.07 bits per heavy atom. The molecule has 7 heteroatoms. The molecule has 0 saturated carbocycles. The van der Waals surface area contributed by atoms with Crippen molar-refractivity contribution in [1.29, 1.82) is 0 Å². The first kappa shape index (κ1) is 19.2. The highest BCUT2D eigenvalue weighted by molar-refractivity contribution is 5.86. The van der Waals surface area contributed by atoms with E-state index in [0.29, 0.717) is 17.8 Å². The van der Waals surface area contributed by atoms with E-state index in [4.69, 9.17) is 5.73 Å². The summed E-state index contributed by atoms with van der Waals surface area (Å²) in [6.07, 6.45) is 1.11. The van der Waals surface area contributed by atoms with E-state index < -0.39 is 11.7 Å². The molecule has 3 rings (SSSR count). The third-order valence-electron chi connectivity index (χ3n) is 5.01. The summed E-state index contributed by atoms with van der Waals surface area (Å²) in [7, 11) is 1.68. The zero-order valence-electron chi connectivity index (χ0n) is 15.4. The molecule has 0 spiro atoms. The van der Waals surface area contributed by atoms with E-state index >= 15 is 0 Å². The molecular weight excluding hydrogens is 353 g/mol. The number of rotatable bonds is 3. The van der Waals surface area contributed by atoms with Gasteiger partial charge in [0.2, 0.25) is 0 Å². The van der Waals surface area contributed by atoms with Gasteiger partial charge in [0.05, 0.1) is 16.8 Å². The first-order valence-corrected chi connectivity index (χ1v) is 8.89. The molecule has 2 aromatic rings. The van der Waals surface area contributed by atoms with Crippen molar-refractivity contribution in [3.63, 3.8) is 0 Å². The zero-order valence-corrected chi connectivity index (χ0v) is 15.4.